The van der Waals surface area contributed by atoms with E-state index in [0.29, 0.717) is 5.56 Å². The van der Waals surface area contributed by atoms with Crippen molar-refractivity contribution in [1.29, 1.82) is 0 Å². The summed E-state index contributed by atoms with van der Waals surface area (Å²) in [7, 11) is 0. The molecule has 0 bridgehead atoms. The number of nitrogens with one attached hydrogen (secondary N) is 2. The van der Waals surface area contributed by atoms with Gasteiger partial charge >= 0.3 is 5.97 Å². The average Bonchev–Trinajstić information content (AvgIpc) is 2.29. The van der Waals surface area contributed by atoms with Gasteiger partial charge < -0.3 is 10.4 Å². The molecular formula is C11H12N2O3S. The van der Waals surface area contributed by atoms with Gasteiger partial charge in [-0.05, 0) is 31.3 Å². The van der Waals surface area contributed by atoms with Crippen LogP contribution in [0.2, 0.25) is 0 Å². The van der Waals surface area contributed by atoms with E-state index in [2.05, 4.69) is 10.6 Å². The van der Waals surface area contributed by atoms with E-state index in [1.54, 1.807) is 30.3 Å². The molecule has 0 radical (unpaired) electrons. The van der Waals surface area contributed by atoms with Crippen molar-refractivity contribution in [3.05, 3.63) is 35.9 Å². The van der Waals surface area contributed by atoms with Crippen LogP contribution in [0.15, 0.2) is 30.3 Å². The Kier molecular flexibility index (Phi) is 4.59. The summed E-state index contributed by atoms with van der Waals surface area (Å²) in [5, 5.41) is 13.5. The van der Waals surface area contributed by atoms with Crippen LogP contribution < -0.4 is 10.6 Å². The maximum atomic E-state index is 11.6. The smallest absolute Gasteiger partial charge is 0.325 e. The molecule has 0 aromatic heterocycles. The number of rotatable bonds is 3. The van der Waals surface area contributed by atoms with Crippen molar-refractivity contribution in [3.8, 4) is 0 Å². The predicted molar refractivity (Wildman–Crippen MR) is 66.7 cm³/mol. The molecule has 0 fully saturated rings. The largest absolute Gasteiger partial charge is 0.480 e. The fourth-order valence-electron chi connectivity index (χ4n) is 1.06. The summed E-state index contributed by atoms with van der Waals surface area (Å²) in [5.41, 5.74) is 0.458. The van der Waals surface area contributed by atoms with Gasteiger partial charge in [0.1, 0.15) is 6.04 Å². The highest BCUT2D eigenvalue weighted by atomic mass is 32.1. The molecule has 1 aromatic rings. The third-order valence-corrected chi connectivity index (χ3v) is 2.20. The summed E-state index contributed by atoms with van der Waals surface area (Å²) in [5.74, 6) is -1.41. The number of carboxylic acid groups (broad SMARTS) is 1. The fraction of sp³-hybridized carbons (Fsp3) is 0.182. The van der Waals surface area contributed by atoms with E-state index in [1.165, 1.54) is 6.92 Å². The van der Waals surface area contributed by atoms with E-state index in [9.17, 15) is 9.59 Å². The number of benzene rings is 1. The quantitative estimate of drug-likeness (QED) is 0.692. The van der Waals surface area contributed by atoms with Crippen molar-refractivity contribution in [1.82, 2.24) is 10.6 Å². The van der Waals surface area contributed by atoms with Gasteiger partial charge in [-0.1, -0.05) is 18.2 Å². The molecule has 1 rings (SSSR count). The average molecular weight is 252 g/mol. The van der Waals surface area contributed by atoms with Crippen molar-refractivity contribution in [2.75, 3.05) is 0 Å². The van der Waals surface area contributed by atoms with Gasteiger partial charge in [-0.25, -0.2) is 0 Å². The van der Waals surface area contributed by atoms with Crippen molar-refractivity contribution in [3.63, 3.8) is 0 Å². The molecule has 5 nitrogen and oxygen atoms in total. The molecule has 17 heavy (non-hydrogen) atoms. The molecule has 1 amide bonds. The number of thiocarbonyl (C=S) groups is 1. The summed E-state index contributed by atoms with van der Waals surface area (Å²) in [6.07, 6.45) is 0. The lowest BCUT2D eigenvalue weighted by molar-refractivity contribution is -0.138. The lowest BCUT2D eigenvalue weighted by Crippen LogP contribution is -2.46. The van der Waals surface area contributed by atoms with Crippen LogP contribution in [-0.4, -0.2) is 28.1 Å². The topological polar surface area (TPSA) is 78.4 Å². The molecule has 1 aromatic carbocycles. The minimum absolute atomic E-state index is 0.00578. The zero-order valence-electron chi connectivity index (χ0n) is 9.14. The number of carboxylic acids is 1. The number of aliphatic carboxylic acids is 1. The zero-order chi connectivity index (χ0) is 12.8. The molecule has 6 heteroatoms. The lowest BCUT2D eigenvalue weighted by Gasteiger charge is -2.12. The molecule has 0 aliphatic rings. The van der Waals surface area contributed by atoms with E-state index >= 15 is 0 Å². The maximum Gasteiger partial charge on any atom is 0.325 e. The van der Waals surface area contributed by atoms with Gasteiger partial charge in [0.2, 0.25) is 0 Å². The van der Waals surface area contributed by atoms with E-state index in [1.807, 2.05) is 0 Å². The Morgan fingerprint density at radius 1 is 1.29 bits per heavy atom. The maximum absolute atomic E-state index is 11.6. The standard InChI is InChI=1S/C11H12N2O3S/c1-7(10(15)16)12-11(17)13-9(14)8-5-3-2-4-6-8/h2-7H,1H3,(H,15,16)(H2,12,13,14,17)/t7-/m0/s1. The third kappa shape index (κ3) is 4.20. The normalized spacial score (nSPS) is 11.4. The number of hydrogen-bond donors (Lipinski definition) is 3. The predicted octanol–water partition coefficient (Wildman–Crippen LogP) is 0.764. The minimum atomic E-state index is -1.04. The van der Waals surface area contributed by atoms with E-state index in [-0.39, 0.29) is 11.0 Å². The first-order chi connectivity index (χ1) is 8.00. The van der Waals surface area contributed by atoms with Crippen LogP contribution in [0.4, 0.5) is 0 Å². The van der Waals surface area contributed by atoms with E-state index < -0.39 is 12.0 Å². The molecule has 0 heterocycles. The molecule has 0 saturated carbocycles. The molecular weight excluding hydrogens is 240 g/mol. The summed E-state index contributed by atoms with van der Waals surface area (Å²) >= 11 is 4.82. The second-order valence-electron chi connectivity index (χ2n) is 3.35. The van der Waals surface area contributed by atoms with Crippen molar-refractivity contribution in [2.45, 2.75) is 13.0 Å². The van der Waals surface area contributed by atoms with Gasteiger partial charge in [0.05, 0.1) is 0 Å². The molecule has 3 N–H and O–H groups in total. The van der Waals surface area contributed by atoms with Gasteiger partial charge in [0, 0.05) is 5.56 Å². The second kappa shape index (κ2) is 5.95. The summed E-state index contributed by atoms with van der Waals surface area (Å²) in [6.45, 7) is 1.43. The Bertz CT molecular complexity index is 434. The molecule has 0 aliphatic heterocycles. The van der Waals surface area contributed by atoms with Gasteiger partial charge in [-0.3, -0.25) is 14.9 Å². The highest BCUT2D eigenvalue weighted by Gasteiger charge is 2.13. The number of amides is 1. The molecule has 0 spiro atoms. The first kappa shape index (κ1) is 13.1. The molecule has 0 unspecified atom stereocenters. The summed E-state index contributed by atoms with van der Waals surface area (Å²) < 4.78 is 0. The molecule has 90 valence electrons. The van der Waals surface area contributed by atoms with Crippen molar-refractivity contribution >= 4 is 29.2 Å². The van der Waals surface area contributed by atoms with Crippen LogP contribution >= 0.6 is 12.2 Å². The Morgan fingerprint density at radius 3 is 2.41 bits per heavy atom. The highest BCUT2D eigenvalue weighted by Crippen LogP contribution is 1.97. The Morgan fingerprint density at radius 2 is 1.88 bits per heavy atom. The van der Waals surface area contributed by atoms with Gasteiger partial charge in [-0.2, -0.15) is 0 Å². The number of carbonyl (C=O) groups excluding carboxylic acids is 1. The van der Waals surface area contributed by atoms with Crippen LogP contribution in [0.25, 0.3) is 0 Å². The monoisotopic (exact) mass is 252 g/mol. The van der Waals surface area contributed by atoms with Gasteiger partial charge in [-0.15, -0.1) is 0 Å². The van der Waals surface area contributed by atoms with E-state index in [4.69, 9.17) is 17.3 Å². The van der Waals surface area contributed by atoms with Crippen molar-refractivity contribution < 1.29 is 14.7 Å². The Balaban J connectivity index is 2.53. The first-order valence-corrected chi connectivity index (χ1v) is 5.31. The van der Waals surface area contributed by atoms with E-state index in [0.717, 1.165) is 0 Å². The van der Waals surface area contributed by atoms with Gasteiger partial charge in [0.25, 0.3) is 5.91 Å². The first-order valence-electron chi connectivity index (χ1n) is 4.90. The lowest BCUT2D eigenvalue weighted by atomic mass is 10.2. The fourth-order valence-corrected chi connectivity index (χ4v) is 1.33. The highest BCUT2D eigenvalue weighted by molar-refractivity contribution is 7.80. The van der Waals surface area contributed by atoms with Crippen molar-refractivity contribution in [2.24, 2.45) is 0 Å². The van der Waals surface area contributed by atoms with Crippen LogP contribution in [-0.2, 0) is 4.79 Å². The van der Waals surface area contributed by atoms with Crippen LogP contribution in [0.1, 0.15) is 17.3 Å². The number of carbonyl (C=O) groups is 2. The molecule has 1 atom stereocenters. The van der Waals surface area contributed by atoms with Crippen LogP contribution in [0.5, 0.6) is 0 Å². The van der Waals surface area contributed by atoms with Crippen LogP contribution in [0.3, 0.4) is 0 Å². The summed E-state index contributed by atoms with van der Waals surface area (Å²) in [4.78, 5) is 22.2. The van der Waals surface area contributed by atoms with Gasteiger partial charge in [0.15, 0.2) is 5.11 Å². The molecule has 0 aliphatic carbocycles. The summed E-state index contributed by atoms with van der Waals surface area (Å²) in [6, 6.07) is 7.67. The Hall–Kier alpha value is -1.95. The second-order valence-corrected chi connectivity index (χ2v) is 3.76. The Labute approximate surface area is 104 Å². The van der Waals surface area contributed by atoms with Crippen LogP contribution in [0, 0.1) is 0 Å². The third-order valence-electron chi connectivity index (χ3n) is 1.98. The minimum Gasteiger partial charge on any atom is -0.480 e. The molecule has 0 saturated heterocycles. The SMILES string of the molecule is C[C@H](NC(=S)NC(=O)c1ccccc1)C(=O)O. The number of hydrogen-bond acceptors (Lipinski definition) is 3. The zero-order valence-corrected chi connectivity index (χ0v) is 9.95.